The second kappa shape index (κ2) is 8.30. The second-order valence-corrected chi connectivity index (χ2v) is 9.05. The number of carbonyl (C=O) groups excluding carboxylic acids is 1. The van der Waals surface area contributed by atoms with E-state index in [1.165, 1.54) is 5.56 Å². The van der Waals surface area contributed by atoms with Crippen molar-refractivity contribution in [2.75, 3.05) is 38.7 Å². The van der Waals surface area contributed by atoms with Crippen molar-refractivity contribution >= 4 is 11.6 Å². The highest BCUT2D eigenvalue weighted by atomic mass is 16.5. The van der Waals surface area contributed by atoms with Crippen LogP contribution in [0.15, 0.2) is 42.5 Å². The van der Waals surface area contributed by atoms with Gasteiger partial charge in [-0.3, -0.25) is 9.69 Å². The molecular formula is C25H31N3O4. The van der Waals surface area contributed by atoms with E-state index < -0.39 is 5.66 Å². The summed E-state index contributed by atoms with van der Waals surface area (Å²) in [5.41, 5.74) is 2.08. The topological polar surface area (TPSA) is 72.1 Å². The van der Waals surface area contributed by atoms with Gasteiger partial charge in [-0.15, -0.1) is 0 Å². The lowest BCUT2D eigenvalue weighted by atomic mass is 9.84. The summed E-state index contributed by atoms with van der Waals surface area (Å²) in [4.78, 5) is 15.1. The van der Waals surface area contributed by atoms with Crippen molar-refractivity contribution in [3.8, 4) is 11.5 Å². The third-order valence-electron chi connectivity index (χ3n) is 6.85. The van der Waals surface area contributed by atoms with Crippen LogP contribution in [0.1, 0.15) is 42.1 Å². The number of ether oxygens (including phenoxy) is 3. The van der Waals surface area contributed by atoms with Crippen LogP contribution in [0.5, 0.6) is 11.5 Å². The average molecular weight is 438 g/mol. The van der Waals surface area contributed by atoms with Gasteiger partial charge in [0, 0.05) is 31.7 Å². The standard InChI is InChI=1S/C25H31N3O4/c1-3-31-21-9-8-18(14-22(21)30-2)15-28-12-10-24(11-13-28)16-25(17-32-24)26-20-7-5-4-6-19(20)23(29)27-25/h4-9,14,26H,3,10-13,15-17H2,1-2H3,(H,27,29). The number of piperidine rings is 1. The molecule has 0 aliphatic carbocycles. The molecule has 1 unspecified atom stereocenters. The molecule has 0 saturated carbocycles. The number of anilines is 1. The van der Waals surface area contributed by atoms with E-state index in [1.54, 1.807) is 7.11 Å². The van der Waals surface area contributed by atoms with E-state index >= 15 is 0 Å². The predicted molar refractivity (Wildman–Crippen MR) is 122 cm³/mol. The molecule has 2 spiro atoms. The molecule has 7 heteroatoms. The van der Waals surface area contributed by atoms with Crippen molar-refractivity contribution in [3.05, 3.63) is 53.6 Å². The van der Waals surface area contributed by atoms with Crippen LogP contribution in [0.2, 0.25) is 0 Å². The van der Waals surface area contributed by atoms with E-state index in [1.807, 2.05) is 37.3 Å². The van der Waals surface area contributed by atoms with Crippen LogP contribution in [0.3, 0.4) is 0 Å². The lowest BCUT2D eigenvalue weighted by Crippen LogP contribution is -2.59. The number of likely N-dealkylation sites (tertiary alicyclic amines) is 1. The number of nitrogens with zero attached hydrogens (tertiary/aromatic N) is 1. The number of methoxy groups -OCH3 is 1. The molecule has 1 atom stereocenters. The summed E-state index contributed by atoms with van der Waals surface area (Å²) in [6.07, 6.45) is 2.68. The van der Waals surface area contributed by atoms with Crippen LogP contribution in [-0.4, -0.2) is 55.5 Å². The summed E-state index contributed by atoms with van der Waals surface area (Å²) in [7, 11) is 1.68. The second-order valence-electron chi connectivity index (χ2n) is 9.05. The molecule has 2 aromatic rings. The van der Waals surface area contributed by atoms with Gasteiger partial charge < -0.3 is 24.8 Å². The Bertz CT molecular complexity index is 1000. The number of carbonyl (C=O) groups is 1. The predicted octanol–water partition coefficient (Wildman–Crippen LogP) is 3.40. The van der Waals surface area contributed by atoms with Gasteiger partial charge in [0.25, 0.3) is 5.91 Å². The number of amides is 1. The molecule has 3 aliphatic heterocycles. The first-order valence-corrected chi connectivity index (χ1v) is 11.4. The number of benzene rings is 2. The summed E-state index contributed by atoms with van der Waals surface area (Å²) in [6.45, 7) is 5.85. The SMILES string of the molecule is CCOc1ccc(CN2CCC3(CC2)CC2(CO3)NC(=O)c3ccccc3N2)cc1OC. The van der Waals surface area contributed by atoms with Crippen molar-refractivity contribution in [2.24, 2.45) is 0 Å². The zero-order valence-corrected chi connectivity index (χ0v) is 18.8. The number of hydrogen-bond acceptors (Lipinski definition) is 6. The molecule has 5 rings (SSSR count). The molecule has 2 N–H and O–H groups in total. The number of hydrogen-bond donors (Lipinski definition) is 2. The quantitative estimate of drug-likeness (QED) is 0.747. The maximum Gasteiger partial charge on any atom is 0.255 e. The minimum Gasteiger partial charge on any atom is -0.493 e. The molecule has 2 aromatic carbocycles. The number of rotatable bonds is 5. The number of nitrogens with one attached hydrogen (secondary N) is 2. The van der Waals surface area contributed by atoms with Crippen LogP contribution >= 0.6 is 0 Å². The first-order valence-electron chi connectivity index (χ1n) is 11.4. The Hall–Kier alpha value is -2.77. The van der Waals surface area contributed by atoms with Gasteiger partial charge in [-0.05, 0) is 49.6 Å². The molecule has 2 fully saturated rings. The molecule has 1 amide bonds. The van der Waals surface area contributed by atoms with Gasteiger partial charge in [0.05, 0.1) is 31.5 Å². The Morgan fingerprint density at radius 1 is 1.09 bits per heavy atom. The first-order chi connectivity index (χ1) is 15.5. The van der Waals surface area contributed by atoms with Crippen molar-refractivity contribution in [1.82, 2.24) is 10.2 Å². The van der Waals surface area contributed by atoms with Crippen molar-refractivity contribution in [1.29, 1.82) is 0 Å². The Morgan fingerprint density at radius 3 is 2.69 bits per heavy atom. The van der Waals surface area contributed by atoms with Gasteiger partial charge in [-0.25, -0.2) is 0 Å². The fourth-order valence-electron chi connectivity index (χ4n) is 5.24. The van der Waals surface area contributed by atoms with E-state index in [-0.39, 0.29) is 11.5 Å². The van der Waals surface area contributed by atoms with Gasteiger partial charge >= 0.3 is 0 Å². The fourth-order valence-corrected chi connectivity index (χ4v) is 5.24. The van der Waals surface area contributed by atoms with E-state index in [0.29, 0.717) is 18.8 Å². The average Bonchev–Trinajstić information content (AvgIpc) is 3.13. The summed E-state index contributed by atoms with van der Waals surface area (Å²) in [5, 5.41) is 6.74. The summed E-state index contributed by atoms with van der Waals surface area (Å²) in [6, 6.07) is 13.8. The molecule has 3 aliphatic rings. The van der Waals surface area contributed by atoms with Gasteiger partial charge in [0.1, 0.15) is 5.66 Å². The Labute approximate surface area is 189 Å². The normalized spacial score (nSPS) is 24.1. The molecular weight excluding hydrogens is 406 g/mol. The maximum absolute atomic E-state index is 12.7. The summed E-state index contributed by atoms with van der Waals surface area (Å²) in [5.74, 6) is 1.53. The lowest BCUT2D eigenvalue weighted by molar-refractivity contribution is -0.0452. The van der Waals surface area contributed by atoms with E-state index in [0.717, 1.165) is 56.1 Å². The number of para-hydroxylation sites is 1. The third-order valence-corrected chi connectivity index (χ3v) is 6.85. The monoisotopic (exact) mass is 437 g/mol. The van der Waals surface area contributed by atoms with Crippen LogP contribution < -0.4 is 20.1 Å². The van der Waals surface area contributed by atoms with E-state index in [2.05, 4.69) is 27.7 Å². The van der Waals surface area contributed by atoms with Crippen molar-refractivity contribution in [2.45, 2.75) is 44.0 Å². The first kappa shape index (κ1) is 21.1. The van der Waals surface area contributed by atoms with Gasteiger partial charge in [0.15, 0.2) is 11.5 Å². The molecule has 32 heavy (non-hydrogen) atoms. The van der Waals surface area contributed by atoms with E-state index in [4.69, 9.17) is 14.2 Å². The smallest absolute Gasteiger partial charge is 0.255 e. The molecule has 2 saturated heterocycles. The summed E-state index contributed by atoms with van der Waals surface area (Å²) >= 11 is 0. The molecule has 0 radical (unpaired) electrons. The highest BCUT2D eigenvalue weighted by molar-refractivity contribution is 6.02. The zero-order valence-electron chi connectivity index (χ0n) is 18.8. The molecule has 3 heterocycles. The zero-order chi connectivity index (χ0) is 22.2. The minimum atomic E-state index is -0.518. The van der Waals surface area contributed by atoms with Crippen LogP contribution in [0.25, 0.3) is 0 Å². The van der Waals surface area contributed by atoms with Crippen LogP contribution in [0.4, 0.5) is 5.69 Å². The summed E-state index contributed by atoms with van der Waals surface area (Å²) < 4.78 is 17.5. The lowest BCUT2D eigenvalue weighted by Gasteiger charge is -2.41. The highest BCUT2D eigenvalue weighted by Crippen LogP contribution is 2.43. The Morgan fingerprint density at radius 2 is 1.91 bits per heavy atom. The third kappa shape index (κ3) is 3.91. The van der Waals surface area contributed by atoms with Gasteiger partial charge in [-0.2, -0.15) is 0 Å². The Balaban J connectivity index is 1.22. The molecule has 170 valence electrons. The fraction of sp³-hybridized carbons (Fsp3) is 0.480. The van der Waals surface area contributed by atoms with Gasteiger partial charge in [0.2, 0.25) is 0 Å². The molecule has 0 aromatic heterocycles. The largest absolute Gasteiger partial charge is 0.493 e. The maximum atomic E-state index is 12.7. The molecule has 0 bridgehead atoms. The highest BCUT2D eigenvalue weighted by Gasteiger charge is 2.53. The van der Waals surface area contributed by atoms with Gasteiger partial charge in [-0.1, -0.05) is 18.2 Å². The molecule has 7 nitrogen and oxygen atoms in total. The van der Waals surface area contributed by atoms with Crippen molar-refractivity contribution < 1.29 is 19.0 Å². The van der Waals surface area contributed by atoms with Crippen LogP contribution in [0, 0.1) is 0 Å². The van der Waals surface area contributed by atoms with Crippen LogP contribution in [-0.2, 0) is 11.3 Å². The Kier molecular flexibility index (Phi) is 5.47. The van der Waals surface area contributed by atoms with E-state index in [9.17, 15) is 4.79 Å². The van der Waals surface area contributed by atoms with Crippen molar-refractivity contribution in [3.63, 3.8) is 0 Å². The number of fused-ring (bicyclic) bond motifs is 1. The minimum absolute atomic E-state index is 0.0260.